The first kappa shape index (κ1) is 12.3. The molecule has 0 aliphatic rings. The number of anilines is 3. The van der Waals surface area contributed by atoms with Gasteiger partial charge < -0.3 is 16.0 Å². The van der Waals surface area contributed by atoms with Gasteiger partial charge in [0.05, 0.1) is 0 Å². The van der Waals surface area contributed by atoms with Gasteiger partial charge in [-0.1, -0.05) is 18.2 Å². The molecule has 0 atom stereocenters. The van der Waals surface area contributed by atoms with E-state index in [0.29, 0.717) is 6.54 Å². The fourth-order valence-corrected chi connectivity index (χ4v) is 1.60. The summed E-state index contributed by atoms with van der Waals surface area (Å²) in [5.74, 6) is 1.63. The zero-order valence-electron chi connectivity index (χ0n) is 10.4. The fourth-order valence-electron chi connectivity index (χ4n) is 1.60. The third-order valence-corrected chi connectivity index (χ3v) is 2.55. The topological polar surface area (TPSA) is 67.1 Å². The minimum absolute atomic E-state index is 0.599. The molecule has 0 spiro atoms. The summed E-state index contributed by atoms with van der Waals surface area (Å²) in [4.78, 5) is 10.4. The first-order valence-electron chi connectivity index (χ1n) is 5.85. The van der Waals surface area contributed by atoms with E-state index in [1.807, 2.05) is 48.3 Å². The number of hydrogen-bond acceptors (Lipinski definition) is 5. The average molecular weight is 243 g/mol. The van der Waals surface area contributed by atoms with Crippen molar-refractivity contribution in [3.8, 4) is 0 Å². The summed E-state index contributed by atoms with van der Waals surface area (Å²) in [7, 11) is 1.96. The predicted molar refractivity (Wildman–Crippen MR) is 74.1 cm³/mol. The SMILES string of the molecule is CN(CCN)c1cc(Nc2ccccc2)ncn1. The average Bonchev–Trinajstić information content (AvgIpc) is 2.40. The molecule has 1 heterocycles. The zero-order chi connectivity index (χ0) is 12.8. The number of benzene rings is 1. The second-order valence-electron chi connectivity index (χ2n) is 3.96. The first-order chi connectivity index (χ1) is 8.79. The molecular formula is C13H17N5. The van der Waals surface area contributed by atoms with Gasteiger partial charge in [-0.05, 0) is 12.1 Å². The lowest BCUT2D eigenvalue weighted by Gasteiger charge is -2.17. The quantitative estimate of drug-likeness (QED) is 0.835. The van der Waals surface area contributed by atoms with Crippen LogP contribution >= 0.6 is 0 Å². The highest BCUT2D eigenvalue weighted by Crippen LogP contribution is 2.17. The number of para-hydroxylation sites is 1. The van der Waals surface area contributed by atoms with Gasteiger partial charge in [-0.2, -0.15) is 0 Å². The van der Waals surface area contributed by atoms with Crippen molar-refractivity contribution in [1.29, 1.82) is 0 Å². The zero-order valence-corrected chi connectivity index (χ0v) is 10.4. The van der Waals surface area contributed by atoms with Crippen LogP contribution in [-0.2, 0) is 0 Å². The Morgan fingerprint density at radius 1 is 1.22 bits per heavy atom. The molecule has 0 fully saturated rings. The molecule has 0 aliphatic heterocycles. The standard InChI is InChI=1S/C13H17N5/c1-18(8-7-14)13-9-12(15-10-16-13)17-11-5-3-2-4-6-11/h2-6,9-10H,7-8,14H2,1H3,(H,15,16,17). The molecule has 0 saturated carbocycles. The van der Waals surface area contributed by atoms with Crippen LogP contribution in [0, 0.1) is 0 Å². The molecule has 0 bridgehead atoms. The first-order valence-corrected chi connectivity index (χ1v) is 5.85. The Hall–Kier alpha value is -2.14. The second kappa shape index (κ2) is 5.97. The van der Waals surface area contributed by atoms with Crippen molar-refractivity contribution >= 4 is 17.3 Å². The van der Waals surface area contributed by atoms with Crippen molar-refractivity contribution in [3.63, 3.8) is 0 Å². The summed E-state index contributed by atoms with van der Waals surface area (Å²) in [6.45, 7) is 1.36. The second-order valence-corrected chi connectivity index (χ2v) is 3.96. The molecule has 5 heteroatoms. The molecule has 0 saturated heterocycles. The maximum absolute atomic E-state index is 5.53. The summed E-state index contributed by atoms with van der Waals surface area (Å²) in [6.07, 6.45) is 1.55. The van der Waals surface area contributed by atoms with E-state index in [-0.39, 0.29) is 0 Å². The molecule has 5 nitrogen and oxygen atoms in total. The van der Waals surface area contributed by atoms with Crippen LogP contribution in [0.1, 0.15) is 0 Å². The van der Waals surface area contributed by atoms with Gasteiger partial charge in [-0.15, -0.1) is 0 Å². The predicted octanol–water partition coefficient (Wildman–Crippen LogP) is 1.62. The van der Waals surface area contributed by atoms with Crippen LogP contribution < -0.4 is 16.0 Å². The summed E-state index contributed by atoms with van der Waals surface area (Å²) >= 11 is 0. The number of rotatable bonds is 5. The van der Waals surface area contributed by atoms with E-state index >= 15 is 0 Å². The van der Waals surface area contributed by atoms with Crippen molar-refractivity contribution in [2.24, 2.45) is 5.73 Å². The lowest BCUT2D eigenvalue weighted by atomic mass is 10.3. The number of aromatic nitrogens is 2. The molecule has 18 heavy (non-hydrogen) atoms. The van der Waals surface area contributed by atoms with E-state index in [2.05, 4.69) is 15.3 Å². The van der Waals surface area contributed by atoms with Crippen LogP contribution in [-0.4, -0.2) is 30.1 Å². The maximum Gasteiger partial charge on any atom is 0.135 e. The van der Waals surface area contributed by atoms with E-state index in [1.54, 1.807) is 6.33 Å². The van der Waals surface area contributed by atoms with E-state index in [1.165, 1.54) is 0 Å². The Morgan fingerprint density at radius 2 is 2.00 bits per heavy atom. The van der Waals surface area contributed by atoms with Crippen molar-refractivity contribution in [2.75, 3.05) is 30.4 Å². The van der Waals surface area contributed by atoms with Crippen LogP contribution in [0.25, 0.3) is 0 Å². The Labute approximate surface area is 107 Å². The van der Waals surface area contributed by atoms with Crippen molar-refractivity contribution in [1.82, 2.24) is 9.97 Å². The largest absolute Gasteiger partial charge is 0.358 e. The van der Waals surface area contributed by atoms with Crippen LogP contribution in [0.2, 0.25) is 0 Å². The fraction of sp³-hybridized carbons (Fsp3) is 0.231. The Balaban J connectivity index is 2.12. The number of hydrogen-bond donors (Lipinski definition) is 2. The third-order valence-electron chi connectivity index (χ3n) is 2.55. The summed E-state index contributed by atoms with van der Waals surface area (Å²) in [5.41, 5.74) is 6.53. The molecule has 1 aromatic carbocycles. The van der Waals surface area contributed by atoms with Gasteiger partial charge >= 0.3 is 0 Å². The molecule has 3 N–H and O–H groups in total. The molecule has 2 rings (SSSR count). The number of nitrogens with one attached hydrogen (secondary N) is 1. The Kier molecular flexibility index (Phi) is 4.09. The van der Waals surface area contributed by atoms with Gasteiger partial charge in [-0.25, -0.2) is 9.97 Å². The molecule has 0 aliphatic carbocycles. The Morgan fingerprint density at radius 3 is 2.72 bits per heavy atom. The van der Waals surface area contributed by atoms with E-state index in [9.17, 15) is 0 Å². The van der Waals surface area contributed by atoms with Gasteiger partial charge in [0.25, 0.3) is 0 Å². The van der Waals surface area contributed by atoms with E-state index in [4.69, 9.17) is 5.73 Å². The molecule has 0 amide bonds. The molecular weight excluding hydrogens is 226 g/mol. The minimum atomic E-state index is 0.599. The lowest BCUT2D eigenvalue weighted by Crippen LogP contribution is -2.25. The maximum atomic E-state index is 5.53. The highest BCUT2D eigenvalue weighted by Gasteiger charge is 2.03. The highest BCUT2D eigenvalue weighted by molar-refractivity contribution is 5.58. The van der Waals surface area contributed by atoms with Crippen molar-refractivity contribution < 1.29 is 0 Å². The van der Waals surface area contributed by atoms with Gasteiger partial charge in [0, 0.05) is 31.9 Å². The Bertz CT molecular complexity index is 486. The van der Waals surface area contributed by atoms with Crippen LogP contribution in [0.15, 0.2) is 42.7 Å². The number of likely N-dealkylation sites (N-methyl/N-ethyl adjacent to an activating group) is 1. The van der Waals surface area contributed by atoms with Crippen LogP contribution in [0.3, 0.4) is 0 Å². The van der Waals surface area contributed by atoms with E-state index in [0.717, 1.165) is 23.9 Å². The number of nitrogens with two attached hydrogens (primary N) is 1. The number of nitrogens with zero attached hydrogens (tertiary/aromatic N) is 3. The summed E-state index contributed by atoms with van der Waals surface area (Å²) in [6, 6.07) is 11.8. The molecule has 2 aromatic rings. The minimum Gasteiger partial charge on any atom is -0.358 e. The highest BCUT2D eigenvalue weighted by atomic mass is 15.2. The lowest BCUT2D eigenvalue weighted by molar-refractivity contribution is 0.864. The smallest absolute Gasteiger partial charge is 0.135 e. The summed E-state index contributed by atoms with van der Waals surface area (Å²) in [5, 5.41) is 3.23. The van der Waals surface area contributed by atoms with Gasteiger partial charge in [-0.3, -0.25) is 0 Å². The third kappa shape index (κ3) is 3.18. The van der Waals surface area contributed by atoms with Crippen molar-refractivity contribution in [2.45, 2.75) is 0 Å². The van der Waals surface area contributed by atoms with Crippen LogP contribution in [0.5, 0.6) is 0 Å². The van der Waals surface area contributed by atoms with Gasteiger partial charge in [0.1, 0.15) is 18.0 Å². The van der Waals surface area contributed by atoms with Crippen LogP contribution in [0.4, 0.5) is 17.3 Å². The van der Waals surface area contributed by atoms with Gasteiger partial charge in [0.15, 0.2) is 0 Å². The molecule has 94 valence electrons. The molecule has 0 unspecified atom stereocenters. The molecule has 0 radical (unpaired) electrons. The normalized spacial score (nSPS) is 10.1. The van der Waals surface area contributed by atoms with E-state index < -0.39 is 0 Å². The monoisotopic (exact) mass is 243 g/mol. The van der Waals surface area contributed by atoms with Gasteiger partial charge in [0.2, 0.25) is 0 Å². The van der Waals surface area contributed by atoms with Crippen molar-refractivity contribution in [3.05, 3.63) is 42.7 Å². The molecule has 1 aromatic heterocycles. The summed E-state index contributed by atoms with van der Waals surface area (Å²) < 4.78 is 0.